The molecule has 20 heavy (non-hydrogen) atoms. The maximum Gasteiger partial charge on any atom is 0.230 e. The Morgan fingerprint density at radius 2 is 2.30 bits per heavy atom. The van der Waals surface area contributed by atoms with Crippen LogP contribution in [-0.2, 0) is 10.5 Å². The molecule has 1 aromatic rings. The average molecular weight is 290 g/mol. The molecule has 108 valence electrons. The molecule has 2 fully saturated rings. The molecular formula is C16H22N2OS. The fourth-order valence-electron chi connectivity index (χ4n) is 3.65. The van der Waals surface area contributed by atoms with Gasteiger partial charge in [-0.3, -0.25) is 9.78 Å². The van der Waals surface area contributed by atoms with Crippen molar-refractivity contribution < 1.29 is 4.79 Å². The summed E-state index contributed by atoms with van der Waals surface area (Å²) >= 11 is 1.64. The highest BCUT2D eigenvalue weighted by atomic mass is 32.2. The zero-order chi connectivity index (χ0) is 13.8. The quantitative estimate of drug-likeness (QED) is 0.876. The van der Waals surface area contributed by atoms with Gasteiger partial charge in [-0.05, 0) is 49.1 Å². The molecule has 0 radical (unpaired) electrons. The highest BCUT2D eigenvalue weighted by molar-refractivity contribution is 7.99. The van der Waals surface area contributed by atoms with E-state index in [4.69, 9.17) is 0 Å². The predicted molar refractivity (Wildman–Crippen MR) is 82.3 cm³/mol. The summed E-state index contributed by atoms with van der Waals surface area (Å²) in [6.45, 7) is 0.893. The fourth-order valence-corrected chi connectivity index (χ4v) is 4.42. The molecule has 1 heterocycles. The van der Waals surface area contributed by atoms with Gasteiger partial charge in [-0.25, -0.2) is 0 Å². The van der Waals surface area contributed by atoms with Crippen molar-refractivity contribution in [1.29, 1.82) is 0 Å². The summed E-state index contributed by atoms with van der Waals surface area (Å²) in [7, 11) is 0. The molecule has 3 unspecified atom stereocenters. The maximum atomic E-state index is 11.8. The van der Waals surface area contributed by atoms with E-state index in [0.29, 0.717) is 5.75 Å². The zero-order valence-corrected chi connectivity index (χ0v) is 12.6. The van der Waals surface area contributed by atoms with E-state index >= 15 is 0 Å². The number of carbonyl (C=O) groups is 1. The number of hydrogen-bond acceptors (Lipinski definition) is 3. The van der Waals surface area contributed by atoms with Gasteiger partial charge in [0.2, 0.25) is 5.91 Å². The van der Waals surface area contributed by atoms with Crippen LogP contribution in [0.4, 0.5) is 0 Å². The number of fused-ring (bicyclic) bond motifs is 2. The average Bonchev–Trinajstić information content (AvgIpc) is 3.09. The Bertz CT molecular complexity index is 451. The van der Waals surface area contributed by atoms with Crippen molar-refractivity contribution in [2.75, 3.05) is 12.3 Å². The molecular weight excluding hydrogens is 268 g/mol. The molecule has 2 bridgehead atoms. The van der Waals surface area contributed by atoms with Gasteiger partial charge in [-0.1, -0.05) is 12.5 Å². The maximum absolute atomic E-state index is 11.8. The second-order valence-corrected chi connectivity index (χ2v) is 7.04. The number of pyridine rings is 1. The Morgan fingerprint density at radius 1 is 1.35 bits per heavy atom. The number of nitrogens with zero attached hydrogens (tertiary/aromatic N) is 1. The molecule has 1 aromatic heterocycles. The summed E-state index contributed by atoms with van der Waals surface area (Å²) in [6, 6.07) is 5.90. The summed E-state index contributed by atoms with van der Waals surface area (Å²) in [6.07, 6.45) is 7.36. The van der Waals surface area contributed by atoms with Gasteiger partial charge in [0.05, 0.1) is 11.4 Å². The number of thioether (sulfide) groups is 1. The second kappa shape index (κ2) is 6.61. The number of rotatable bonds is 6. The first-order valence-corrected chi connectivity index (χ1v) is 8.71. The molecule has 1 amide bonds. The van der Waals surface area contributed by atoms with E-state index in [-0.39, 0.29) is 5.91 Å². The lowest BCUT2D eigenvalue weighted by Crippen LogP contribution is -2.32. The van der Waals surface area contributed by atoms with Gasteiger partial charge in [0.25, 0.3) is 0 Å². The molecule has 0 saturated heterocycles. The van der Waals surface area contributed by atoms with E-state index in [2.05, 4.69) is 10.3 Å². The minimum Gasteiger partial charge on any atom is -0.355 e. The van der Waals surface area contributed by atoms with Gasteiger partial charge in [0.1, 0.15) is 0 Å². The molecule has 3 atom stereocenters. The van der Waals surface area contributed by atoms with Crippen molar-refractivity contribution in [1.82, 2.24) is 10.3 Å². The van der Waals surface area contributed by atoms with Gasteiger partial charge in [-0.15, -0.1) is 11.8 Å². The van der Waals surface area contributed by atoms with Crippen LogP contribution >= 0.6 is 11.8 Å². The number of amides is 1. The minimum atomic E-state index is 0.175. The molecule has 0 aromatic carbocycles. The Hall–Kier alpha value is -1.03. The normalized spacial score (nSPS) is 27.7. The van der Waals surface area contributed by atoms with Gasteiger partial charge >= 0.3 is 0 Å². The molecule has 3 rings (SSSR count). The first-order chi connectivity index (χ1) is 9.81. The van der Waals surface area contributed by atoms with Crippen LogP contribution < -0.4 is 5.32 Å². The SMILES string of the molecule is O=C(CSCc1ccccn1)NCC1CC2CCC1C2. The van der Waals surface area contributed by atoms with Crippen LogP contribution in [0.1, 0.15) is 31.4 Å². The highest BCUT2D eigenvalue weighted by Gasteiger charge is 2.39. The molecule has 3 nitrogen and oxygen atoms in total. The standard InChI is InChI=1S/C16H22N2OS/c19-16(11-20-10-15-3-1-2-6-17-15)18-9-14-8-12-4-5-13(14)7-12/h1-3,6,12-14H,4-5,7-11H2,(H,18,19). The van der Waals surface area contributed by atoms with Crippen LogP contribution in [0.15, 0.2) is 24.4 Å². The summed E-state index contributed by atoms with van der Waals surface area (Å²) in [5.41, 5.74) is 1.04. The molecule has 2 aliphatic rings. The molecule has 2 saturated carbocycles. The van der Waals surface area contributed by atoms with Gasteiger partial charge < -0.3 is 5.32 Å². The van der Waals surface area contributed by atoms with Crippen molar-refractivity contribution in [2.45, 2.75) is 31.4 Å². The lowest BCUT2D eigenvalue weighted by Gasteiger charge is -2.21. The smallest absolute Gasteiger partial charge is 0.230 e. The third kappa shape index (κ3) is 3.54. The van der Waals surface area contributed by atoms with E-state index in [0.717, 1.165) is 35.7 Å². The fraction of sp³-hybridized carbons (Fsp3) is 0.625. The predicted octanol–water partition coefficient (Wildman–Crippen LogP) is 2.87. The monoisotopic (exact) mass is 290 g/mol. The van der Waals surface area contributed by atoms with Crippen molar-refractivity contribution >= 4 is 17.7 Å². The van der Waals surface area contributed by atoms with E-state index < -0.39 is 0 Å². The van der Waals surface area contributed by atoms with Crippen molar-refractivity contribution in [2.24, 2.45) is 17.8 Å². The van der Waals surface area contributed by atoms with Crippen LogP contribution in [0.25, 0.3) is 0 Å². The lowest BCUT2D eigenvalue weighted by atomic mass is 9.89. The van der Waals surface area contributed by atoms with Crippen LogP contribution in [0.3, 0.4) is 0 Å². The Morgan fingerprint density at radius 3 is 3.00 bits per heavy atom. The summed E-state index contributed by atoms with van der Waals surface area (Å²) < 4.78 is 0. The molecule has 0 spiro atoms. The third-order valence-electron chi connectivity index (χ3n) is 4.66. The number of carbonyl (C=O) groups excluding carboxylic acids is 1. The summed E-state index contributed by atoms with van der Waals surface area (Å²) in [5, 5.41) is 3.12. The zero-order valence-electron chi connectivity index (χ0n) is 11.8. The van der Waals surface area contributed by atoms with E-state index in [9.17, 15) is 4.79 Å². The first-order valence-electron chi connectivity index (χ1n) is 7.55. The second-order valence-electron chi connectivity index (χ2n) is 6.05. The topological polar surface area (TPSA) is 42.0 Å². The van der Waals surface area contributed by atoms with Gasteiger partial charge in [-0.2, -0.15) is 0 Å². The van der Waals surface area contributed by atoms with E-state index in [1.165, 1.54) is 25.7 Å². The third-order valence-corrected chi connectivity index (χ3v) is 5.62. The number of aromatic nitrogens is 1. The molecule has 1 N–H and O–H groups in total. The van der Waals surface area contributed by atoms with E-state index in [1.807, 2.05) is 18.2 Å². The van der Waals surface area contributed by atoms with E-state index in [1.54, 1.807) is 18.0 Å². The van der Waals surface area contributed by atoms with Crippen LogP contribution in [0.2, 0.25) is 0 Å². The van der Waals surface area contributed by atoms with Gasteiger partial charge in [0.15, 0.2) is 0 Å². The minimum absolute atomic E-state index is 0.175. The van der Waals surface area contributed by atoms with Crippen LogP contribution in [-0.4, -0.2) is 23.2 Å². The number of hydrogen-bond donors (Lipinski definition) is 1. The van der Waals surface area contributed by atoms with Crippen molar-refractivity contribution in [3.63, 3.8) is 0 Å². The molecule has 0 aliphatic heterocycles. The molecule has 4 heteroatoms. The Balaban J connectivity index is 1.32. The van der Waals surface area contributed by atoms with Gasteiger partial charge in [0, 0.05) is 18.5 Å². The van der Waals surface area contributed by atoms with Crippen LogP contribution in [0, 0.1) is 17.8 Å². The van der Waals surface area contributed by atoms with Crippen molar-refractivity contribution in [3.05, 3.63) is 30.1 Å². The molecule has 2 aliphatic carbocycles. The lowest BCUT2D eigenvalue weighted by molar-refractivity contribution is -0.118. The number of nitrogens with one attached hydrogen (secondary N) is 1. The van der Waals surface area contributed by atoms with Crippen molar-refractivity contribution in [3.8, 4) is 0 Å². The summed E-state index contributed by atoms with van der Waals surface area (Å²) in [5.74, 6) is 4.12. The summed E-state index contributed by atoms with van der Waals surface area (Å²) in [4.78, 5) is 16.1. The Labute approximate surface area is 124 Å². The first kappa shape index (κ1) is 13.9. The highest BCUT2D eigenvalue weighted by Crippen LogP contribution is 2.47. The van der Waals surface area contributed by atoms with Crippen LogP contribution in [0.5, 0.6) is 0 Å². The Kier molecular flexibility index (Phi) is 4.61. The largest absolute Gasteiger partial charge is 0.355 e.